The van der Waals surface area contributed by atoms with E-state index in [-0.39, 0.29) is 48.0 Å². The van der Waals surface area contributed by atoms with Gasteiger partial charge >= 0.3 is 5.97 Å². The van der Waals surface area contributed by atoms with Crippen molar-refractivity contribution in [2.45, 2.75) is 63.8 Å². The molecular weight excluding hydrogens is 376 g/mol. The Bertz CT molecular complexity index is 808. The van der Waals surface area contributed by atoms with E-state index < -0.39 is 11.4 Å². The minimum atomic E-state index is -0.913. The minimum Gasteiger partial charge on any atom is -0.431 e. The summed E-state index contributed by atoms with van der Waals surface area (Å²) in [5.74, 6) is 0.299. The van der Waals surface area contributed by atoms with E-state index in [1.54, 1.807) is 0 Å². The second kappa shape index (κ2) is 5.69. The first-order valence-corrected chi connectivity index (χ1v) is 10.8. The molecule has 7 atom stereocenters. The van der Waals surface area contributed by atoms with Crippen LogP contribution in [0.3, 0.4) is 0 Å². The highest BCUT2D eigenvalue weighted by atomic mass is 16.9. The van der Waals surface area contributed by atoms with Crippen LogP contribution in [-0.2, 0) is 33.3 Å². The van der Waals surface area contributed by atoms with E-state index in [9.17, 15) is 9.59 Å². The van der Waals surface area contributed by atoms with E-state index in [2.05, 4.69) is 19.9 Å². The molecule has 0 N–H and O–H groups in total. The molecule has 0 bridgehead atoms. The van der Waals surface area contributed by atoms with Crippen LogP contribution in [0.25, 0.3) is 0 Å². The number of carbonyl (C=O) groups is 2. The number of ether oxygens (including phenoxy) is 5. The number of allylic oxidation sites excluding steroid dienone is 2. The fraction of sp³-hybridized carbons (Fsp3) is 0.818. The average molecular weight is 404 g/mol. The molecule has 3 aliphatic carbocycles. The molecule has 0 aromatic carbocycles. The summed E-state index contributed by atoms with van der Waals surface area (Å²) in [5.41, 5.74) is -1.42. The highest BCUT2D eigenvalue weighted by Gasteiger charge is 2.76. The van der Waals surface area contributed by atoms with Gasteiger partial charge in [-0.2, -0.15) is 0 Å². The van der Waals surface area contributed by atoms with Crippen molar-refractivity contribution in [1.29, 1.82) is 0 Å². The quantitative estimate of drug-likeness (QED) is 0.574. The Morgan fingerprint density at radius 2 is 1.90 bits per heavy atom. The van der Waals surface area contributed by atoms with Crippen molar-refractivity contribution < 1.29 is 33.3 Å². The molecule has 0 unspecified atom stereocenters. The van der Waals surface area contributed by atoms with E-state index in [1.807, 2.05) is 0 Å². The van der Waals surface area contributed by atoms with Crippen LogP contribution in [0.2, 0.25) is 0 Å². The van der Waals surface area contributed by atoms with Gasteiger partial charge in [0.25, 0.3) is 0 Å². The second-order valence-corrected chi connectivity index (χ2v) is 10.1. The summed E-state index contributed by atoms with van der Waals surface area (Å²) in [6.07, 6.45) is 6.09. The molecule has 7 heteroatoms. The van der Waals surface area contributed by atoms with Crippen molar-refractivity contribution >= 4 is 11.8 Å². The Balaban J connectivity index is 1.42. The summed E-state index contributed by atoms with van der Waals surface area (Å²) in [5, 5.41) is 0. The Morgan fingerprint density at radius 1 is 1.07 bits per heavy atom. The van der Waals surface area contributed by atoms with E-state index >= 15 is 0 Å². The number of rotatable bonds is 0. The monoisotopic (exact) mass is 404 g/mol. The summed E-state index contributed by atoms with van der Waals surface area (Å²) in [7, 11) is 0. The van der Waals surface area contributed by atoms with Crippen molar-refractivity contribution in [3.05, 3.63) is 11.8 Å². The lowest BCUT2D eigenvalue weighted by Crippen LogP contribution is -2.65. The number of fused-ring (bicyclic) bond motifs is 7. The summed E-state index contributed by atoms with van der Waals surface area (Å²) < 4.78 is 29.4. The molecule has 0 radical (unpaired) electrons. The van der Waals surface area contributed by atoms with Crippen LogP contribution in [0.15, 0.2) is 11.8 Å². The standard InChI is InChI=1S/C22H28O7/c1-19-7-6-17(24)29-16(19)4-3-13-14-5-8-21(20(14,2)9-15(23)18(13)19)22(28-12-26-21)10-25-11-27-22/h4,13-14,18H,3,5-12H2,1-2H3/t13-,14-,18-,19+,20+,21+,22+/m1/s1. The van der Waals surface area contributed by atoms with Gasteiger partial charge in [-0.15, -0.1) is 0 Å². The Kier molecular flexibility index (Phi) is 3.63. The third kappa shape index (κ3) is 2.03. The fourth-order valence-electron chi connectivity index (χ4n) is 7.88. The number of hydrogen-bond donors (Lipinski definition) is 0. The number of carbonyl (C=O) groups excluding carboxylic acids is 2. The Morgan fingerprint density at radius 3 is 2.69 bits per heavy atom. The van der Waals surface area contributed by atoms with Crippen LogP contribution in [0.1, 0.15) is 52.4 Å². The second-order valence-electron chi connectivity index (χ2n) is 10.1. The van der Waals surface area contributed by atoms with Crippen molar-refractivity contribution in [1.82, 2.24) is 0 Å². The van der Waals surface area contributed by atoms with Gasteiger partial charge in [-0.1, -0.05) is 13.8 Å². The van der Waals surface area contributed by atoms with Crippen LogP contribution in [0, 0.1) is 28.6 Å². The average Bonchev–Trinajstić information content (AvgIpc) is 3.37. The number of Topliss-reactive ketones (excluding diaryl/α,β-unsaturated/α-hetero) is 1. The van der Waals surface area contributed by atoms with Crippen LogP contribution in [0.5, 0.6) is 0 Å². The number of esters is 1. The van der Waals surface area contributed by atoms with Gasteiger partial charge in [0.2, 0.25) is 5.79 Å². The molecule has 0 aromatic rings. The van der Waals surface area contributed by atoms with Gasteiger partial charge in [0.15, 0.2) is 13.6 Å². The Hall–Kier alpha value is -1.28. The first kappa shape index (κ1) is 18.5. The van der Waals surface area contributed by atoms with Crippen LogP contribution in [0.4, 0.5) is 0 Å². The van der Waals surface area contributed by atoms with Crippen LogP contribution in [-0.4, -0.2) is 43.3 Å². The SMILES string of the molecule is C[C@]12CCC(=O)OC1=CC[C@@H]1[C@H]3CC[C@]4(OCO[C@@]45COCO5)[C@@]3(C)CC(=O)[C@@H]12. The van der Waals surface area contributed by atoms with Gasteiger partial charge in [-0.25, -0.2) is 0 Å². The predicted octanol–water partition coefficient (Wildman–Crippen LogP) is 2.68. The molecular formula is C22H28O7. The van der Waals surface area contributed by atoms with Gasteiger partial charge in [-0.3, -0.25) is 9.59 Å². The van der Waals surface area contributed by atoms with E-state index in [0.717, 1.165) is 19.3 Å². The smallest absolute Gasteiger partial charge is 0.310 e. The molecule has 158 valence electrons. The van der Waals surface area contributed by atoms with Crippen molar-refractivity contribution in [2.24, 2.45) is 28.6 Å². The van der Waals surface area contributed by atoms with Gasteiger partial charge in [0.05, 0.1) is 0 Å². The maximum Gasteiger partial charge on any atom is 0.310 e. The number of ketones is 1. The predicted molar refractivity (Wildman–Crippen MR) is 98.0 cm³/mol. The van der Waals surface area contributed by atoms with Gasteiger partial charge in [0.1, 0.15) is 23.8 Å². The van der Waals surface area contributed by atoms with Gasteiger partial charge in [0, 0.05) is 29.6 Å². The van der Waals surface area contributed by atoms with Crippen LogP contribution < -0.4 is 0 Å². The zero-order valence-corrected chi connectivity index (χ0v) is 17.0. The van der Waals surface area contributed by atoms with Crippen molar-refractivity contribution in [3.8, 4) is 0 Å². The van der Waals surface area contributed by atoms with E-state index in [4.69, 9.17) is 23.7 Å². The molecule has 2 spiro atoms. The summed E-state index contributed by atoms with van der Waals surface area (Å²) in [6, 6.07) is 0. The molecule has 3 saturated heterocycles. The lowest BCUT2D eigenvalue weighted by atomic mass is 9.48. The first-order valence-electron chi connectivity index (χ1n) is 10.8. The third-order valence-corrected chi connectivity index (χ3v) is 9.16. The minimum absolute atomic E-state index is 0.108. The topological polar surface area (TPSA) is 80.3 Å². The molecule has 6 rings (SSSR count). The molecule has 6 aliphatic rings. The largest absolute Gasteiger partial charge is 0.431 e. The van der Waals surface area contributed by atoms with Crippen molar-refractivity contribution in [3.63, 3.8) is 0 Å². The van der Waals surface area contributed by atoms with E-state index in [1.165, 1.54) is 0 Å². The lowest BCUT2D eigenvalue weighted by Gasteiger charge is -2.57. The third-order valence-electron chi connectivity index (χ3n) is 9.16. The first-order chi connectivity index (χ1) is 13.9. The van der Waals surface area contributed by atoms with Gasteiger partial charge < -0.3 is 23.7 Å². The molecule has 29 heavy (non-hydrogen) atoms. The molecule has 0 aromatic heterocycles. The van der Waals surface area contributed by atoms with E-state index in [0.29, 0.717) is 37.5 Å². The van der Waals surface area contributed by atoms with Crippen molar-refractivity contribution in [2.75, 3.05) is 20.2 Å². The fourth-order valence-corrected chi connectivity index (χ4v) is 7.88. The maximum atomic E-state index is 13.7. The van der Waals surface area contributed by atoms with Gasteiger partial charge in [-0.05, 0) is 43.6 Å². The molecule has 0 amide bonds. The molecule has 2 saturated carbocycles. The summed E-state index contributed by atoms with van der Waals surface area (Å²) in [4.78, 5) is 25.6. The lowest BCUT2D eigenvalue weighted by molar-refractivity contribution is -0.246. The molecule has 7 nitrogen and oxygen atoms in total. The molecule has 5 fully saturated rings. The van der Waals surface area contributed by atoms with Crippen LogP contribution >= 0.6 is 0 Å². The summed E-state index contributed by atoms with van der Waals surface area (Å²) >= 11 is 0. The zero-order chi connectivity index (χ0) is 20.1. The highest BCUT2D eigenvalue weighted by Crippen LogP contribution is 2.70. The molecule has 3 heterocycles. The summed E-state index contributed by atoms with van der Waals surface area (Å²) in [6.45, 7) is 5.01. The Labute approximate surface area is 170 Å². The number of hydrogen-bond acceptors (Lipinski definition) is 7. The molecule has 3 aliphatic heterocycles. The zero-order valence-electron chi connectivity index (χ0n) is 17.0. The maximum absolute atomic E-state index is 13.7. The highest BCUT2D eigenvalue weighted by molar-refractivity contribution is 5.86. The normalized spacial score (nSPS) is 53.6.